The Morgan fingerprint density at radius 1 is 0.885 bits per heavy atom. The fourth-order valence-electron chi connectivity index (χ4n) is 10.1. The molecule has 1 aromatic carbocycles. The number of unbranched alkanes of at least 4 members (excludes halogenated alkanes) is 2. The molecule has 9 atom stereocenters. The minimum Gasteiger partial charge on any atom is -0.481 e. The predicted molar refractivity (Wildman–Crippen MR) is 302 cm³/mol. The average Bonchev–Trinajstić information content (AvgIpc) is 4.16. The van der Waals surface area contributed by atoms with Gasteiger partial charge in [-0.05, 0) is 114 Å². The molecule has 1 saturated heterocycles. The van der Waals surface area contributed by atoms with Gasteiger partial charge in [-0.2, -0.15) is 0 Å². The zero-order valence-electron chi connectivity index (χ0n) is 48.0. The Kier molecular flexibility index (Phi) is 24.4. The molecule has 1 fully saturated rings. The molecule has 19 nitrogen and oxygen atoms in total. The van der Waals surface area contributed by atoms with Crippen LogP contribution in [0.15, 0.2) is 54.1 Å². The summed E-state index contributed by atoms with van der Waals surface area (Å²) in [5.74, 6) is -5.06. The van der Waals surface area contributed by atoms with Gasteiger partial charge < -0.3 is 41.5 Å². The van der Waals surface area contributed by atoms with Gasteiger partial charge in [0.15, 0.2) is 5.78 Å². The molecule has 2 aliphatic rings. The van der Waals surface area contributed by atoms with Crippen molar-refractivity contribution in [1.82, 2.24) is 41.0 Å². The van der Waals surface area contributed by atoms with Gasteiger partial charge in [-0.15, -0.1) is 11.3 Å². The molecule has 0 aliphatic carbocycles. The first-order valence-electron chi connectivity index (χ1n) is 27.6. The quantitative estimate of drug-likeness (QED) is 0.0426. The summed E-state index contributed by atoms with van der Waals surface area (Å²) >= 11 is 1.19. The molecule has 2 aromatic rings. The number of thiazole rings is 1. The van der Waals surface area contributed by atoms with Crippen molar-refractivity contribution in [2.24, 2.45) is 29.6 Å². The molecule has 0 bridgehead atoms. The molecule has 6 N–H and O–H groups in total. The topological polar surface area (TPSA) is 257 Å². The number of Topliss-reactive ketones (excluding diaryl/α,β-unsaturated/α-hetero) is 1. The Morgan fingerprint density at radius 2 is 1.56 bits per heavy atom. The first-order chi connectivity index (χ1) is 36.7. The van der Waals surface area contributed by atoms with Gasteiger partial charge in [0, 0.05) is 74.2 Å². The Bertz CT molecular complexity index is 2470. The number of likely N-dealkylation sites (tertiary alicyclic amines) is 1. The number of ketones is 1. The summed E-state index contributed by atoms with van der Waals surface area (Å²) in [5, 5.41) is 26.2. The van der Waals surface area contributed by atoms with Crippen LogP contribution < -0.4 is 26.6 Å². The van der Waals surface area contributed by atoms with E-state index in [0.29, 0.717) is 48.6 Å². The molecule has 1 aromatic heterocycles. The lowest BCUT2D eigenvalue weighted by atomic mass is 9.80. The number of nitrogens with one attached hydrogen (secondary N) is 5. The molecule has 0 radical (unpaired) electrons. The van der Waals surface area contributed by atoms with Gasteiger partial charge in [0.1, 0.15) is 22.8 Å². The lowest BCUT2D eigenvalue weighted by molar-refractivity contribution is -0.143. The number of anilines is 1. The van der Waals surface area contributed by atoms with Crippen LogP contribution in [0.1, 0.15) is 161 Å². The Balaban J connectivity index is 1.38. The number of allylic oxidation sites excluding steroid dienone is 1. The van der Waals surface area contributed by atoms with Crippen molar-refractivity contribution in [3.8, 4) is 0 Å². The van der Waals surface area contributed by atoms with Crippen molar-refractivity contribution in [1.29, 1.82) is 0 Å². The first-order valence-corrected chi connectivity index (χ1v) is 28.5. The third-order valence-electron chi connectivity index (χ3n) is 15.6. The normalized spacial score (nSPS) is 18.6. The monoisotopic (exact) mass is 1100 g/mol. The maximum Gasteiger partial charge on any atom is 0.306 e. The van der Waals surface area contributed by atoms with Gasteiger partial charge >= 0.3 is 5.97 Å². The van der Waals surface area contributed by atoms with Crippen molar-refractivity contribution in [2.45, 2.75) is 176 Å². The number of carbonyl (C=O) groups is 9. The number of aromatic nitrogens is 1. The van der Waals surface area contributed by atoms with Crippen molar-refractivity contribution in [3.63, 3.8) is 0 Å². The minimum absolute atomic E-state index is 0.0498. The van der Waals surface area contributed by atoms with E-state index < -0.39 is 65.2 Å². The SMILES string of the molecule is C=C1C=CC(=O)N1CCCCCC(=O)N[C@H](C(=O)N[C@@H](C)C(=O)Nc1ccc(C[C@@H](C[C@H](C)C(=O)O)NC(=O)c2csc([C@@H](C[C@H](C(C)C)N(C)C(=O)[C@@H](CC(=O)[C@@]3(C)CCCN3C)[C@@H](C)CC)NC(C)=O)n2)cc1)C(C)C. The van der Waals surface area contributed by atoms with E-state index >= 15 is 0 Å². The molecule has 20 heteroatoms. The van der Waals surface area contributed by atoms with E-state index in [2.05, 4.69) is 43.0 Å². The summed E-state index contributed by atoms with van der Waals surface area (Å²) in [7, 11) is 3.71. The van der Waals surface area contributed by atoms with E-state index in [1.807, 2.05) is 41.7 Å². The molecular weight excluding hydrogens is 1010 g/mol. The summed E-state index contributed by atoms with van der Waals surface area (Å²) in [6.45, 7) is 23.3. The Hall–Kier alpha value is -6.28. The molecule has 0 unspecified atom stereocenters. The number of aliphatic carboxylic acids is 1. The van der Waals surface area contributed by atoms with Crippen LogP contribution in [0.4, 0.5) is 5.69 Å². The van der Waals surface area contributed by atoms with Gasteiger partial charge in [0.05, 0.1) is 17.5 Å². The van der Waals surface area contributed by atoms with Crippen molar-refractivity contribution < 1.29 is 48.3 Å². The molecule has 0 spiro atoms. The number of rotatable bonds is 31. The molecule has 7 amide bonds. The number of hydrogen-bond acceptors (Lipinski definition) is 12. The summed E-state index contributed by atoms with van der Waals surface area (Å²) in [5.41, 5.74) is 1.28. The smallest absolute Gasteiger partial charge is 0.306 e. The van der Waals surface area contributed by atoms with Crippen LogP contribution in [0.5, 0.6) is 0 Å². The average molecular weight is 1100 g/mol. The van der Waals surface area contributed by atoms with Crippen molar-refractivity contribution in [2.75, 3.05) is 32.5 Å². The van der Waals surface area contributed by atoms with E-state index in [-0.39, 0.29) is 84.6 Å². The lowest BCUT2D eigenvalue weighted by Gasteiger charge is -2.38. The molecule has 3 heterocycles. The van der Waals surface area contributed by atoms with E-state index in [0.717, 1.165) is 31.4 Å². The van der Waals surface area contributed by atoms with Gasteiger partial charge in [0.25, 0.3) is 11.8 Å². The highest BCUT2D eigenvalue weighted by Crippen LogP contribution is 2.35. The lowest BCUT2D eigenvalue weighted by Crippen LogP contribution is -2.53. The van der Waals surface area contributed by atoms with Crippen LogP contribution in [0, 0.1) is 29.6 Å². The van der Waals surface area contributed by atoms with Crippen LogP contribution in [-0.2, 0) is 44.8 Å². The van der Waals surface area contributed by atoms with Gasteiger partial charge in [0.2, 0.25) is 29.5 Å². The van der Waals surface area contributed by atoms with E-state index in [4.69, 9.17) is 0 Å². The summed E-state index contributed by atoms with van der Waals surface area (Å²) in [6.07, 6.45) is 8.47. The molecular formula is C58H87N9O10S. The zero-order chi connectivity index (χ0) is 58.2. The molecule has 0 saturated carbocycles. The molecule has 430 valence electrons. The van der Waals surface area contributed by atoms with Crippen LogP contribution in [0.3, 0.4) is 0 Å². The third-order valence-corrected chi connectivity index (χ3v) is 16.6. The second kappa shape index (κ2) is 29.6. The van der Waals surface area contributed by atoms with Crippen molar-refractivity contribution >= 4 is 70.1 Å². The second-order valence-corrected chi connectivity index (χ2v) is 23.3. The summed E-state index contributed by atoms with van der Waals surface area (Å²) in [6, 6.07) is 3.30. The highest BCUT2D eigenvalue weighted by Gasteiger charge is 2.44. The van der Waals surface area contributed by atoms with E-state index in [1.165, 1.54) is 31.3 Å². The first kappa shape index (κ1) is 64.2. The zero-order valence-corrected chi connectivity index (χ0v) is 48.8. The number of carboxylic acids is 1. The van der Waals surface area contributed by atoms with Crippen LogP contribution in [0.2, 0.25) is 0 Å². The van der Waals surface area contributed by atoms with Crippen LogP contribution >= 0.6 is 11.3 Å². The second-order valence-electron chi connectivity index (χ2n) is 22.4. The third kappa shape index (κ3) is 18.1. The van der Waals surface area contributed by atoms with Crippen molar-refractivity contribution in [3.05, 3.63) is 70.3 Å². The summed E-state index contributed by atoms with van der Waals surface area (Å²) < 4.78 is 0. The Labute approximate surface area is 465 Å². The maximum absolute atomic E-state index is 14.5. The van der Waals surface area contributed by atoms with E-state index in [9.17, 15) is 48.3 Å². The number of likely N-dealkylation sites (N-methyl/N-ethyl adjacent to an activating group) is 1. The van der Waals surface area contributed by atoms with Gasteiger partial charge in [-0.25, -0.2) is 4.98 Å². The van der Waals surface area contributed by atoms with Crippen LogP contribution in [-0.4, -0.2) is 135 Å². The minimum atomic E-state index is -1.03. The molecule has 4 rings (SSSR count). The molecule has 78 heavy (non-hydrogen) atoms. The van der Waals surface area contributed by atoms with Gasteiger partial charge in [-0.3, -0.25) is 48.1 Å². The number of carboxylic acid groups (broad SMARTS) is 1. The number of nitrogens with zero attached hydrogens (tertiary/aromatic N) is 4. The molecule has 2 aliphatic heterocycles. The largest absolute Gasteiger partial charge is 0.481 e. The van der Waals surface area contributed by atoms with Crippen LogP contribution in [0.25, 0.3) is 0 Å². The fraction of sp³-hybridized carbons (Fsp3) is 0.621. The van der Waals surface area contributed by atoms with Gasteiger partial charge in [-0.1, -0.05) is 80.0 Å². The van der Waals surface area contributed by atoms with E-state index in [1.54, 1.807) is 73.3 Å². The highest BCUT2D eigenvalue weighted by molar-refractivity contribution is 7.09. The number of carbonyl (C=O) groups excluding carboxylic acids is 8. The Morgan fingerprint density at radius 3 is 2.13 bits per heavy atom. The fourth-order valence-corrected chi connectivity index (χ4v) is 11.0. The maximum atomic E-state index is 14.5. The number of amides is 7. The number of hydrogen-bond donors (Lipinski definition) is 6. The summed E-state index contributed by atoms with van der Waals surface area (Å²) in [4.78, 5) is 128. The standard InChI is InChI=1S/C58H87N9O10S/c1-14-36(6)44(31-48(69)58(11)26-18-27-65(58)12)56(75)66(13)47(34(2)3)32-45(60-40(10)68)55-63-46(33-78-55)53(73)62-43(29-37(7)57(76)77)30-41-21-23-42(24-22-41)61-52(72)39(9)59-54(74)51(35(4)5)64-49(70)19-16-15-17-28-67-38(8)20-25-50(67)71/h20-25,33-37,39,43-45,47,51H,8,14-19,26-32H2,1-7,9-13H3,(H,59,74)(H,60,68)(H,61,72)(H,62,73)(H,64,70)(H,76,77)/t36-,37-,39-,43+,44-,45+,47+,51-,58+/m0/s1. The predicted octanol–water partition coefficient (Wildman–Crippen LogP) is 6.81. The number of benzene rings is 1. The highest BCUT2D eigenvalue weighted by atomic mass is 32.1.